The van der Waals surface area contributed by atoms with Gasteiger partial charge in [-0.1, -0.05) is 0 Å². The Bertz CT molecular complexity index is 419. The Morgan fingerprint density at radius 3 is 2.64 bits per heavy atom. The quantitative estimate of drug-likeness (QED) is 0.564. The number of ether oxygens (including phenoxy) is 1. The van der Waals surface area contributed by atoms with E-state index in [0.717, 1.165) is 0 Å². The number of nitriles is 1. The van der Waals surface area contributed by atoms with E-state index < -0.39 is 0 Å². The largest absolute Gasteiger partial charge is 0.493 e. The average molecular weight is 190 g/mol. The number of Topliss-reactive ketones (excluding diaryl/α,β-unsaturated/α-hetero) is 1. The van der Waals surface area contributed by atoms with E-state index in [1.54, 1.807) is 0 Å². The zero-order valence-corrected chi connectivity index (χ0v) is 8.00. The second-order valence-electron chi connectivity index (χ2n) is 2.81. The summed E-state index contributed by atoms with van der Waals surface area (Å²) in [6.45, 7) is 1.42. The number of nitrogens with two attached hydrogens (primary N) is 1. The van der Waals surface area contributed by atoms with Gasteiger partial charge in [-0.3, -0.25) is 4.79 Å². The first-order valence-corrected chi connectivity index (χ1v) is 3.98. The topological polar surface area (TPSA) is 76.1 Å². The van der Waals surface area contributed by atoms with E-state index in [0.29, 0.717) is 17.0 Å². The van der Waals surface area contributed by atoms with Crippen LogP contribution in [0, 0.1) is 11.3 Å². The number of nitrogen functional groups attached to an aromatic ring is 1. The number of benzene rings is 1. The van der Waals surface area contributed by atoms with Gasteiger partial charge in [0.05, 0.1) is 18.4 Å². The Kier molecular flexibility index (Phi) is 2.73. The number of nitrogens with zero attached hydrogens (tertiary/aromatic N) is 1. The van der Waals surface area contributed by atoms with Gasteiger partial charge in [-0.15, -0.1) is 0 Å². The molecule has 0 fully saturated rings. The summed E-state index contributed by atoms with van der Waals surface area (Å²) in [5.41, 5.74) is 6.61. The molecule has 0 atom stereocenters. The van der Waals surface area contributed by atoms with E-state index in [-0.39, 0.29) is 11.3 Å². The SMILES string of the molecule is COc1c(N)cc(C(C)=O)cc1C#N. The van der Waals surface area contributed by atoms with Crippen molar-refractivity contribution in [3.8, 4) is 11.8 Å². The molecule has 4 heteroatoms. The Hall–Kier alpha value is -2.02. The van der Waals surface area contributed by atoms with Gasteiger partial charge >= 0.3 is 0 Å². The van der Waals surface area contributed by atoms with E-state index in [1.165, 1.54) is 26.2 Å². The molecule has 0 spiro atoms. The summed E-state index contributed by atoms with van der Waals surface area (Å²) < 4.78 is 4.94. The minimum Gasteiger partial charge on any atom is -0.493 e. The van der Waals surface area contributed by atoms with Crippen LogP contribution >= 0.6 is 0 Å². The third-order valence-corrected chi connectivity index (χ3v) is 1.85. The van der Waals surface area contributed by atoms with Crippen molar-refractivity contribution in [3.63, 3.8) is 0 Å². The molecule has 0 radical (unpaired) electrons. The summed E-state index contributed by atoms with van der Waals surface area (Å²) in [6.07, 6.45) is 0. The summed E-state index contributed by atoms with van der Waals surface area (Å²) in [5, 5.41) is 8.78. The molecule has 0 aliphatic heterocycles. The van der Waals surface area contributed by atoms with E-state index in [9.17, 15) is 4.79 Å². The summed E-state index contributed by atoms with van der Waals surface area (Å²) in [6, 6.07) is 4.90. The Balaban J connectivity index is 3.41. The third kappa shape index (κ3) is 1.67. The highest BCUT2D eigenvalue weighted by atomic mass is 16.5. The number of carbonyl (C=O) groups is 1. The van der Waals surface area contributed by atoms with Gasteiger partial charge in [0, 0.05) is 5.56 Å². The molecule has 0 aliphatic carbocycles. The van der Waals surface area contributed by atoms with Crippen LogP contribution in [0.2, 0.25) is 0 Å². The van der Waals surface area contributed by atoms with E-state index in [2.05, 4.69) is 0 Å². The van der Waals surface area contributed by atoms with Crippen LogP contribution in [0.25, 0.3) is 0 Å². The van der Waals surface area contributed by atoms with Crippen LogP contribution in [0.3, 0.4) is 0 Å². The second-order valence-corrected chi connectivity index (χ2v) is 2.81. The molecule has 0 heterocycles. The summed E-state index contributed by atoms with van der Waals surface area (Å²) in [4.78, 5) is 11.1. The molecule has 0 saturated heterocycles. The number of hydrogen-bond acceptors (Lipinski definition) is 4. The fourth-order valence-corrected chi connectivity index (χ4v) is 1.17. The van der Waals surface area contributed by atoms with Crippen molar-refractivity contribution in [2.75, 3.05) is 12.8 Å². The zero-order chi connectivity index (χ0) is 10.7. The van der Waals surface area contributed by atoms with Crippen molar-refractivity contribution in [2.24, 2.45) is 0 Å². The second kappa shape index (κ2) is 3.79. The Labute approximate surface area is 81.9 Å². The van der Waals surface area contributed by atoms with Crippen LogP contribution in [0.4, 0.5) is 5.69 Å². The Morgan fingerprint density at radius 1 is 1.57 bits per heavy atom. The van der Waals surface area contributed by atoms with Crippen LogP contribution in [0.1, 0.15) is 22.8 Å². The van der Waals surface area contributed by atoms with Crippen molar-refractivity contribution in [2.45, 2.75) is 6.92 Å². The molecule has 14 heavy (non-hydrogen) atoms. The number of rotatable bonds is 2. The van der Waals surface area contributed by atoms with Crippen LogP contribution in [-0.4, -0.2) is 12.9 Å². The summed E-state index contributed by atoms with van der Waals surface area (Å²) in [7, 11) is 1.43. The molecule has 0 unspecified atom stereocenters. The predicted molar refractivity (Wildman–Crippen MR) is 52.1 cm³/mol. The molecule has 0 saturated carbocycles. The summed E-state index contributed by atoms with van der Waals surface area (Å²) in [5.74, 6) is 0.188. The molecule has 2 N–H and O–H groups in total. The third-order valence-electron chi connectivity index (χ3n) is 1.85. The lowest BCUT2D eigenvalue weighted by atomic mass is 10.1. The van der Waals surface area contributed by atoms with Crippen molar-refractivity contribution in [1.82, 2.24) is 0 Å². The normalized spacial score (nSPS) is 9.21. The maximum Gasteiger partial charge on any atom is 0.159 e. The fourth-order valence-electron chi connectivity index (χ4n) is 1.17. The first-order chi connectivity index (χ1) is 6.60. The Morgan fingerprint density at radius 2 is 2.21 bits per heavy atom. The smallest absolute Gasteiger partial charge is 0.159 e. The maximum atomic E-state index is 11.1. The standard InChI is InChI=1S/C10H10N2O2/c1-6(13)7-3-8(5-11)10(14-2)9(12)4-7/h3-4H,12H2,1-2H3. The van der Waals surface area contributed by atoms with Gasteiger partial charge in [-0.25, -0.2) is 0 Å². The lowest BCUT2D eigenvalue weighted by Gasteiger charge is -2.07. The zero-order valence-electron chi connectivity index (χ0n) is 8.00. The van der Waals surface area contributed by atoms with Gasteiger partial charge in [-0.2, -0.15) is 5.26 Å². The number of anilines is 1. The molecule has 0 bridgehead atoms. The van der Waals surface area contributed by atoms with Gasteiger partial charge in [-0.05, 0) is 19.1 Å². The van der Waals surface area contributed by atoms with Crippen LogP contribution in [0.15, 0.2) is 12.1 Å². The van der Waals surface area contributed by atoms with Gasteiger partial charge in [0.2, 0.25) is 0 Å². The minimum absolute atomic E-state index is 0.129. The molecule has 0 amide bonds. The first-order valence-electron chi connectivity index (χ1n) is 3.98. The average Bonchev–Trinajstić information content (AvgIpc) is 2.16. The molecular formula is C10H10N2O2. The number of carbonyl (C=O) groups excluding carboxylic acids is 1. The highest BCUT2D eigenvalue weighted by Crippen LogP contribution is 2.27. The molecule has 1 rings (SSSR count). The monoisotopic (exact) mass is 190 g/mol. The predicted octanol–water partition coefficient (Wildman–Crippen LogP) is 1.35. The van der Waals surface area contributed by atoms with Crippen LogP contribution < -0.4 is 10.5 Å². The van der Waals surface area contributed by atoms with Gasteiger partial charge in [0.15, 0.2) is 11.5 Å². The number of hydrogen-bond donors (Lipinski definition) is 1. The highest BCUT2D eigenvalue weighted by Gasteiger charge is 2.10. The van der Waals surface area contributed by atoms with E-state index >= 15 is 0 Å². The van der Waals surface area contributed by atoms with Crippen molar-refractivity contribution in [3.05, 3.63) is 23.3 Å². The van der Waals surface area contributed by atoms with Gasteiger partial charge < -0.3 is 10.5 Å². The van der Waals surface area contributed by atoms with Crippen molar-refractivity contribution < 1.29 is 9.53 Å². The summed E-state index contributed by atoms with van der Waals surface area (Å²) >= 11 is 0. The molecular weight excluding hydrogens is 180 g/mol. The minimum atomic E-state index is -0.129. The van der Waals surface area contributed by atoms with E-state index in [4.69, 9.17) is 15.7 Å². The number of methoxy groups -OCH3 is 1. The van der Waals surface area contributed by atoms with Gasteiger partial charge in [0.25, 0.3) is 0 Å². The molecule has 1 aromatic rings. The van der Waals surface area contributed by atoms with Crippen molar-refractivity contribution >= 4 is 11.5 Å². The highest BCUT2D eigenvalue weighted by molar-refractivity contribution is 5.96. The lowest BCUT2D eigenvalue weighted by molar-refractivity contribution is 0.101. The van der Waals surface area contributed by atoms with Gasteiger partial charge in [0.1, 0.15) is 6.07 Å². The lowest BCUT2D eigenvalue weighted by Crippen LogP contribution is -2.00. The molecule has 4 nitrogen and oxygen atoms in total. The van der Waals surface area contributed by atoms with E-state index in [1.807, 2.05) is 6.07 Å². The van der Waals surface area contributed by atoms with Crippen LogP contribution in [0.5, 0.6) is 5.75 Å². The molecule has 0 aliphatic rings. The molecule has 1 aromatic carbocycles. The molecule has 0 aromatic heterocycles. The van der Waals surface area contributed by atoms with Crippen molar-refractivity contribution in [1.29, 1.82) is 5.26 Å². The first kappa shape index (κ1) is 10.1. The van der Waals surface area contributed by atoms with Crippen LogP contribution in [-0.2, 0) is 0 Å². The maximum absolute atomic E-state index is 11.1. The number of ketones is 1. The fraction of sp³-hybridized carbons (Fsp3) is 0.200. The molecule has 72 valence electrons.